The van der Waals surface area contributed by atoms with E-state index < -0.39 is 6.10 Å². The summed E-state index contributed by atoms with van der Waals surface area (Å²) in [6.45, 7) is 2.40. The monoisotopic (exact) mass is 290 g/mol. The van der Waals surface area contributed by atoms with Gasteiger partial charge in [0.2, 0.25) is 0 Å². The average molecular weight is 290 g/mol. The lowest BCUT2D eigenvalue weighted by atomic mass is 10.2. The first-order valence-electron chi connectivity index (χ1n) is 7.11. The van der Waals surface area contributed by atoms with Crippen LogP contribution in [-0.4, -0.2) is 31.1 Å². The van der Waals surface area contributed by atoms with Gasteiger partial charge in [-0.25, -0.2) is 0 Å². The van der Waals surface area contributed by atoms with Crippen LogP contribution >= 0.6 is 0 Å². The highest BCUT2D eigenvalue weighted by molar-refractivity contribution is 5.98. The average Bonchev–Trinajstić information content (AvgIpc) is 3.28. The summed E-state index contributed by atoms with van der Waals surface area (Å²) in [4.78, 5) is 23.3. The van der Waals surface area contributed by atoms with Crippen molar-refractivity contribution in [2.45, 2.75) is 25.9 Å². The van der Waals surface area contributed by atoms with Crippen LogP contribution in [0, 0.1) is 5.92 Å². The third-order valence-corrected chi connectivity index (χ3v) is 3.53. The van der Waals surface area contributed by atoms with Gasteiger partial charge in [0, 0.05) is 5.69 Å². The van der Waals surface area contributed by atoms with E-state index in [0.29, 0.717) is 29.6 Å². The van der Waals surface area contributed by atoms with E-state index >= 15 is 0 Å². The van der Waals surface area contributed by atoms with Crippen molar-refractivity contribution < 1.29 is 19.1 Å². The zero-order chi connectivity index (χ0) is 14.8. The fraction of sp³-hybridized carbons (Fsp3) is 0.467. The second kappa shape index (κ2) is 5.73. The number of carbonyl (C=O) groups excluding carboxylic acids is 2. The molecule has 0 saturated heterocycles. The molecular weight excluding hydrogens is 272 g/mol. The Hall–Kier alpha value is -2.08. The van der Waals surface area contributed by atoms with Crippen molar-refractivity contribution in [1.29, 1.82) is 0 Å². The number of hydrogen-bond donors (Lipinski definition) is 2. The summed E-state index contributed by atoms with van der Waals surface area (Å²) in [5.41, 5.74) is 1.17. The van der Waals surface area contributed by atoms with Crippen LogP contribution in [0.3, 0.4) is 0 Å². The topological polar surface area (TPSA) is 76.7 Å². The first-order valence-corrected chi connectivity index (χ1v) is 7.11. The number of carbonyl (C=O) groups is 2. The molecule has 112 valence electrons. The molecule has 6 nitrogen and oxygen atoms in total. The molecule has 21 heavy (non-hydrogen) atoms. The quantitative estimate of drug-likeness (QED) is 0.866. The predicted octanol–water partition coefficient (Wildman–Crippen LogP) is 1.77. The van der Waals surface area contributed by atoms with E-state index in [-0.39, 0.29) is 18.4 Å². The lowest BCUT2D eigenvalue weighted by Gasteiger charge is -2.19. The molecule has 1 atom stereocenters. The Bertz CT molecular complexity index is 569. The molecule has 2 amide bonds. The summed E-state index contributed by atoms with van der Waals surface area (Å²) in [5.74, 6) is 0.827. The van der Waals surface area contributed by atoms with Gasteiger partial charge in [0.25, 0.3) is 11.8 Å². The Labute approximate surface area is 122 Å². The summed E-state index contributed by atoms with van der Waals surface area (Å²) < 4.78 is 10.8. The van der Waals surface area contributed by atoms with Gasteiger partial charge >= 0.3 is 0 Å². The standard InChI is InChI=1S/C15H18N2O4/c1-9(20-7-10-2-3-10)15(19)16-11-4-5-13-12(6-11)17-14(18)8-21-13/h4-6,9-10H,2-3,7-8H2,1H3,(H,16,19)(H,17,18). The number of nitrogens with one attached hydrogen (secondary N) is 2. The molecule has 0 spiro atoms. The molecular formula is C15H18N2O4. The van der Waals surface area contributed by atoms with E-state index in [1.54, 1.807) is 25.1 Å². The third-order valence-electron chi connectivity index (χ3n) is 3.53. The van der Waals surface area contributed by atoms with Gasteiger partial charge < -0.3 is 20.1 Å². The van der Waals surface area contributed by atoms with Gasteiger partial charge in [0.05, 0.1) is 12.3 Å². The van der Waals surface area contributed by atoms with E-state index in [9.17, 15) is 9.59 Å². The lowest BCUT2D eigenvalue weighted by molar-refractivity contribution is -0.126. The van der Waals surface area contributed by atoms with Gasteiger partial charge in [0.15, 0.2) is 6.61 Å². The minimum Gasteiger partial charge on any atom is -0.482 e. The molecule has 1 saturated carbocycles. The molecule has 1 unspecified atom stereocenters. The highest BCUT2D eigenvalue weighted by atomic mass is 16.5. The highest BCUT2D eigenvalue weighted by Crippen LogP contribution is 2.31. The summed E-state index contributed by atoms with van der Waals surface area (Å²) >= 11 is 0. The van der Waals surface area contributed by atoms with E-state index in [1.165, 1.54) is 12.8 Å². The molecule has 0 bridgehead atoms. The fourth-order valence-electron chi connectivity index (χ4n) is 2.05. The Morgan fingerprint density at radius 3 is 3.10 bits per heavy atom. The van der Waals surface area contributed by atoms with Crippen molar-refractivity contribution in [2.75, 3.05) is 23.8 Å². The van der Waals surface area contributed by atoms with Crippen molar-refractivity contribution in [3.8, 4) is 5.75 Å². The summed E-state index contributed by atoms with van der Waals surface area (Å²) in [6, 6.07) is 5.14. The normalized spacial score (nSPS) is 18.2. The van der Waals surface area contributed by atoms with Gasteiger partial charge in [-0.2, -0.15) is 0 Å². The second-order valence-corrected chi connectivity index (χ2v) is 5.46. The van der Waals surface area contributed by atoms with E-state index in [4.69, 9.17) is 9.47 Å². The minimum atomic E-state index is -0.493. The van der Waals surface area contributed by atoms with Crippen molar-refractivity contribution in [1.82, 2.24) is 0 Å². The predicted molar refractivity (Wildman–Crippen MR) is 77.3 cm³/mol. The van der Waals surface area contributed by atoms with Crippen molar-refractivity contribution >= 4 is 23.2 Å². The highest BCUT2D eigenvalue weighted by Gasteiger charge is 2.24. The van der Waals surface area contributed by atoms with Crippen LogP contribution in [0.1, 0.15) is 19.8 Å². The number of amides is 2. The second-order valence-electron chi connectivity index (χ2n) is 5.46. The van der Waals surface area contributed by atoms with Crippen molar-refractivity contribution in [3.63, 3.8) is 0 Å². The van der Waals surface area contributed by atoms with Crippen LogP contribution in [0.25, 0.3) is 0 Å². The van der Waals surface area contributed by atoms with Gasteiger partial charge in [-0.05, 0) is 43.9 Å². The van der Waals surface area contributed by atoms with Crippen LogP contribution in [0.2, 0.25) is 0 Å². The molecule has 2 aliphatic rings. The first kappa shape index (κ1) is 13.9. The van der Waals surface area contributed by atoms with Crippen molar-refractivity contribution in [2.24, 2.45) is 5.92 Å². The minimum absolute atomic E-state index is 0.0186. The van der Waals surface area contributed by atoms with E-state index in [2.05, 4.69) is 10.6 Å². The van der Waals surface area contributed by atoms with Crippen LogP contribution in [-0.2, 0) is 14.3 Å². The lowest BCUT2D eigenvalue weighted by Crippen LogP contribution is -2.29. The number of benzene rings is 1. The van der Waals surface area contributed by atoms with Gasteiger partial charge in [-0.3, -0.25) is 9.59 Å². The maximum absolute atomic E-state index is 12.0. The zero-order valence-corrected chi connectivity index (χ0v) is 11.8. The van der Waals surface area contributed by atoms with E-state index in [0.717, 1.165) is 0 Å². The molecule has 6 heteroatoms. The van der Waals surface area contributed by atoms with Crippen LogP contribution in [0.15, 0.2) is 18.2 Å². The Morgan fingerprint density at radius 2 is 2.33 bits per heavy atom. The first-order chi connectivity index (χ1) is 10.1. The van der Waals surface area contributed by atoms with Crippen LogP contribution in [0.5, 0.6) is 5.75 Å². The summed E-state index contributed by atoms with van der Waals surface area (Å²) in [7, 11) is 0. The van der Waals surface area contributed by atoms with Gasteiger partial charge in [0.1, 0.15) is 11.9 Å². The molecule has 1 fully saturated rings. The molecule has 2 N–H and O–H groups in total. The van der Waals surface area contributed by atoms with Crippen LogP contribution < -0.4 is 15.4 Å². The number of rotatable bonds is 5. The van der Waals surface area contributed by atoms with Crippen molar-refractivity contribution in [3.05, 3.63) is 18.2 Å². The maximum Gasteiger partial charge on any atom is 0.262 e. The SMILES string of the molecule is CC(OCC1CC1)C(=O)Nc1ccc2c(c1)NC(=O)CO2. The number of anilines is 2. The van der Waals surface area contributed by atoms with Crippen LogP contribution in [0.4, 0.5) is 11.4 Å². The van der Waals surface area contributed by atoms with E-state index in [1.807, 2.05) is 0 Å². The fourth-order valence-corrected chi connectivity index (χ4v) is 2.05. The Balaban J connectivity index is 1.59. The molecule has 1 aliphatic carbocycles. The number of fused-ring (bicyclic) bond motifs is 1. The third kappa shape index (κ3) is 3.52. The molecule has 0 radical (unpaired) electrons. The molecule has 0 aromatic heterocycles. The molecule has 1 aromatic carbocycles. The number of hydrogen-bond acceptors (Lipinski definition) is 4. The maximum atomic E-state index is 12.0. The molecule has 1 aliphatic heterocycles. The summed E-state index contributed by atoms with van der Waals surface area (Å²) in [6.07, 6.45) is 1.89. The van der Waals surface area contributed by atoms with Gasteiger partial charge in [-0.15, -0.1) is 0 Å². The van der Waals surface area contributed by atoms with Gasteiger partial charge in [-0.1, -0.05) is 0 Å². The Kier molecular flexibility index (Phi) is 3.79. The molecule has 1 aromatic rings. The molecule has 3 rings (SSSR count). The largest absolute Gasteiger partial charge is 0.482 e. The summed E-state index contributed by atoms with van der Waals surface area (Å²) in [5, 5.41) is 5.48. The zero-order valence-electron chi connectivity index (χ0n) is 11.8. The smallest absolute Gasteiger partial charge is 0.262 e. The Morgan fingerprint density at radius 1 is 1.52 bits per heavy atom. The number of ether oxygens (including phenoxy) is 2. The molecule has 1 heterocycles.